The highest BCUT2D eigenvalue weighted by molar-refractivity contribution is 5.81. The first-order valence-electron chi connectivity index (χ1n) is 8.44. The van der Waals surface area contributed by atoms with Gasteiger partial charge in [-0.15, -0.1) is 0 Å². The van der Waals surface area contributed by atoms with E-state index in [1.165, 1.54) is 12.1 Å². The largest absolute Gasteiger partial charge is 0.491 e. The highest BCUT2D eigenvalue weighted by atomic mass is 19.1. The molecule has 0 radical (unpaired) electrons. The first-order chi connectivity index (χ1) is 12.0. The van der Waals surface area contributed by atoms with E-state index in [0.717, 1.165) is 11.3 Å². The van der Waals surface area contributed by atoms with Crippen molar-refractivity contribution in [3.8, 4) is 11.5 Å². The van der Waals surface area contributed by atoms with Gasteiger partial charge in [0.1, 0.15) is 5.75 Å². The molecule has 4 nitrogen and oxygen atoms in total. The number of carbonyl (C=O) groups is 1. The number of hydrogen-bond donors (Lipinski definition) is 1. The minimum Gasteiger partial charge on any atom is -0.491 e. The van der Waals surface area contributed by atoms with E-state index in [1.807, 2.05) is 45.0 Å². The van der Waals surface area contributed by atoms with E-state index < -0.39 is 11.9 Å². The van der Waals surface area contributed by atoms with Crippen molar-refractivity contribution in [2.75, 3.05) is 0 Å². The molecule has 0 aromatic heterocycles. The molecule has 0 saturated heterocycles. The van der Waals surface area contributed by atoms with Gasteiger partial charge in [-0.25, -0.2) is 4.39 Å². The minimum atomic E-state index is -0.736. The third kappa shape index (κ3) is 5.78. The Morgan fingerprint density at radius 2 is 1.76 bits per heavy atom. The molecule has 25 heavy (non-hydrogen) atoms. The summed E-state index contributed by atoms with van der Waals surface area (Å²) in [6, 6.07) is 13.6. The first kappa shape index (κ1) is 18.8. The summed E-state index contributed by atoms with van der Waals surface area (Å²) in [7, 11) is 0. The number of para-hydroxylation sites is 1. The summed E-state index contributed by atoms with van der Waals surface area (Å²) in [5.74, 6) is 0.127. The summed E-state index contributed by atoms with van der Waals surface area (Å²) >= 11 is 0. The third-order valence-corrected chi connectivity index (χ3v) is 3.53. The van der Waals surface area contributed by atoms with Crippen molar-refractivity contribution in [1.82, 2.24) is 5.32 Å². The van der Waals surface area contributed by atoms with Crippen molar-refractivity contribution in [2.45, 2.75) is 45.9 Å². The van der Waals surface area contributed by atoms with E-state index in [9.17, 15) is 9.18 Å². The van der Waals surface area contributed by atoms with Gasteiger partial charge in [0.2, 0.25) is 0 Å². The van der Waals surface area contributed by atoms with Crippen LogP contribution in [0.3, 0.4) is 0 Å². The molecular formula is C20H24FNO3. The Kier molecular flexibility index (Phi) is 6.81. The summed E-state index contributed by atoms with van der Waals surface area (Å²) in [5, 5.41) is 2.82. The lowest BCUT2D eigenvalue weighted by molar-refractivity contribution is -0.128. The fourth-order valence-corrected chi connectivity index (χ4v) is 2.28. The highest BCUT2D eigenvalue weighted by Crippen LogP contribution is 2.18. The van der Waals surface area contributed by atoms with Gasteiger partial charge in [-0.3, -0.25) is 4.79 Å². The molecule has 1 unspecified atom stereocenters. The fourth-order valence-electron chi connectivity index (χ4n) is 2.28. The summed E-state index contributed by atoms with van der Waals surface area (Å²) in [4.78, 5) is 12.3. The monoisotopic (exact) mass is 345 g/mol. The summed E-state index contributed by atoms with van der Waals surface area (Å²) in [6.07, 6.45) is -0.173. The number of hydrogen-bond acceptors (Lipinski definition) is 3. The Balaban J connectivity index is 1.90. The Bertz CT molecular complexity index is 686. The minimum absolute atomic E-state index is 0.0830. The first-order valence-corrected chi connectivity index (χ1v) is 8.44. The van der Waals surface area contributed by atoms with Gasteiger partial charge in [-0.1, -0.05) is 31.2 Å². The van der Waals surface area contributed by atoms with Crippen LogP contribution in [-0.4, -0.2) is 18.1 Å². The SMILES string of the molecule is CCC(Oc1ccccc1F)C(=O)NCc1ccc(OC(C)C)cc1. The van der Waals surface area contributed by atoms with Crippen molar-refractivity contribution in [3.63, 3.8) is 0 Å². The van der Waals surface area contributed by atoms with Crippen molar-refractivity contribution in [3.05, 3.63) is 59.9 Å². The Labute approximate surface area is 148 Å². The third-order valence-electron chi connectivity index (χ3n) is 3.53. The smallest absolute Gasteiger partial charge is 0.261 e. The molecule has 0 spiro atoms. The lowest BCUT2D eigenvalue weighted by atomic mass is 10.2. The highest BCUT2D eigenvalue weighted by Gasteiger charge is 2.19. The van der Waals surface area contributed by atoms with Crippen molar-refractivity contribution in [1.29, 1.82) is 0 Å². The Morgan fingerprint density at radius 3 is 2.36 bits per heavy atom. The predicted molar refractivity (Wildman–Crippen MR) is 95.2 cm³/mol. The number of amides is 1. The van der Waals surface area contributed by atoms with E-state index in [2.05, 4.69) is 5.32 Å². The van der Waals surface area contributed by atoms with Crippen LogP contribution in [-0.2, 0) is 11.3 Å². The molecule has 0 fully saturated rings. The van der Waals surface area contributed by atoms with E-state index in [4.69, 9.17) is 9.47 Å². The summed E-state index contributed by atoms with van der Waals surface area (Å²) in [6.45, 7) is 6.13. The van der Waals surface area contributed by atoms with Gasteiger partial charge in [0.05, 0.1) is 6.10 Å². The lowest BCUT2D eigenvalue weighted by Gasteiger charge is -2.17. The second-order valence-corrected chi connectivity index (χ2v) is 5.97. The molecule has 0 bridgehead atoms. The van der Waals surface area contributed by atoms with Crippen LogP contribution in [0.1, 0.15) is 32.8 Å². The van der Waals surface area contributed by atoms with Crippen molar-refractivity contribution in [2.24, 2.45) is 0 Å². The van der Waals surface area contributed by atoms with E-state index >= 15 is 0 Å². The molecule has 5 heteroatoms. The molecule has 134 valence electrons. The van der Waals surface area contributed by atoms with Crippen LogP contribution in [0.5, 0.6) is 11.5 Å². The number of halogens is 1. The average Bonchev–Trinajstić information content (AvgIpc) is 2.59. The zero-order valence-electron chi connectivity index (χ0n) is 14.8. The molecule has 2 rings (SSSR count). The number of carbonyl (C=O) groups excluding carboxylic acids is 1. The molecule has 1 amide bonds. The van der Waals surface area contributed by atoms with Crippen molar-refractivity contribution >= 4 is 5.91 Å². The van der Waals surface area contributed by atoms with Gasteiger partial charge in [0.15, 0.2) is 17.7 Å². The summed E-state index contributed by atoms with van der Waals surface area (Å²) < 4.78 is 24.7. The molecule has 0 aliphatic rings. The second-order valence-electron chi connectivity index (χ2n) is 5.97. The molecule has 2 aromatic carbocycles. The number of nitrogens with one attached hydrogen (secondary N) is 1. The normalized spacial score (nSPS) is 11.9. The number of benzene rings is 2. The zero-order valence-corrected chi connectivity index (χ0v) is 14.8. The maximum absolute atomic E-state index is 13.7. The van der Waals surface area contributed by atoms with Crippen LogP contribution >= 0.6 is 0 Å². The number of rotatable bonds is 8. The molecular weight excluding hydrogens is 321 g/mol. The molecule has 0 heterocycles. The molecule has 2 aromatic rings. The predicted octanol–water partition coefficient (Wildman–Crippen LogP) is 4.09. The zero-order chi connectivity index (χ0) is 18.2. The van der Waals surface area contributed by atoms with Gasteiger partial charge in [-0.2, -0.15) is 0 Å². The van der Waals surface area contributed by atoms with Crippen LogP contribution in [0.4, 0.5) is 4.39 Å². The maximum atomic E-state index is 13.7. The van der Waals surface area contributed by atoms with Crippen LogP contribution in [0.15, 0.2) is 48.5 Å². The van der Waals surface area contributed by atoms with Gasteiger partial charge < -0.3 is 14.8 Å². The maximum Gasteiger partial charge on any atom is 0.261 e. The molecule has 0 aliphatic heterocycles. The fraction of sp³-hybridized carbons (Fsp3) is 0.350. The van der Waals surface area contributed by atoms with Gasteiger partial charge in [0, 0.05) is 6.54 Å². The van der Waals surface area contributed by atoms with Crippen LogP contribution < -0.4 is 14.8 Å². The van der Waals surface area contributed by atoms with Crippen LogP contribution in [0.25, 0.3) is 0 Å². The van der Waals surface area contributed by atoms with E-state index in [0.29, 0.717) is 13.0 Å². The molecule has 1 atom stereocenters. The van der Waals surface area contributed by atoms with E-state index in [-0.39, 0.29) is 17.8 Å². The Morgan fingerprint density at radius 1 is 1.08 bits per heavy atom. The van der Waals surface area contributed by atoms with Gasteiger partial charge in [0.25, 0.3) is 5.91 Å². The second kappa shape index (κ2) is 9.06. The van der Waals surface area contributed by atoms with Gasteiger partial charge in [-0.05, 0) is 50.1 Å². The van der Waals surface area contributed by atoms with Gasteiger partial charge >= 0.3 is 0 Å². The molecule has 0 saturated carbocycles. The quantitative estimate of drug-likeness (QED) is 0.784. The van der Waals surface area contributed by atoms with Crippen LogP contribution in [0, 0.1) is 5.82 Å². The average molecular weight is 345 g/mol. The van der Waals surface area contributed by atoms with Crippen LogP contribution in [0.2, 0.25) is 0 Å². The molecule has 1 N–H and O–H groups in total. The van der Waals surface area contributed by atoms with Crippen molar-refractivity contribution < 1.29 is 18.7 Å². The van der Waals surface area contributed by atoms with E-state index in [1.54, 1.807) is 12.1 Å². The molecule has 0 aliphatic carbocycles. The number of ether oxygens (including phenoxy) is 2. The topological polar surface area (TPSA) is 47.6 Å². The Hall–Kier alpha value is -2.56. The lowest BCUT2D eigenvalue weighted by Crippen LogP contribution is -2.37. The summed E-state index contributed by atoms with van der Waals surface area (Å²) in [5.41, 5.74) is 0.949. The standard InChI is InChI=1S/C20H24FNO3/c1-4-18(25-19-8-6-5-7-17(19)21)20(23)22-13-15-9-11-16(12-10-15)24-14(2)3/h5-12,14,18H,4,13H2,1-3H3,(H,22,23).